The van der Waals surface area contributed by atoms with Crippen molar-refractivity contribution in [1.82, 2.24) is 9.88 Å². The van der Waals surface area contributed by atoms with E-state index >= 15 is 0 Å². The summed E-state index contributed by atoms with van der Waals surface area (Å²) >= 11 is 0. The fourth-order valence-electron chi connectivity index (χ4n) is 3.84. The molecule has 0 amide bonds. The van der Waals surface area contributed by atoms with Crippen LogP contribution in [0, 0.1) is 11.3 Å². The number of aryl methyl sites for hydroxylation is 1. The number of aromatic nitrogens is 1. The summed E-state index contributed by atoms with van der Waals surface area (Å²) in [5, 5.41) is 10.4. The number of nitriles is 1. The predicted molar refractivity (Wildman–Crippen MR) is 96.7 cm³/mol. The molecule has 4 rings (SSSR count). The highest BCUT2D eigenvalue weighted by molar-refractivity contribution is 5.86. The maximum Gasteiger partial charge on any atom is 0.0991 e. The second-order valence-corrected chi connectivity index (χ2v) is 6.75. The van der Waals surface area contributed by atoms with E-state index in [0.717, 1.165) is 30.5 Å². The van der Waals surface area contributed by atoms with Crippen LogP contribution in [0.15, 0.2) is 48.5 Å². The first-order chi connectivity index (χ1) is 11.7. The van der Waals surface area contributed by atoms with Crippen molar-refractivity contribution in [2.24, 2.45) is 0 Å². The monoisotopic (exact) mass is 315 g/mol. The van der Waals surface area contributed by atoms with Crippen LogP contribution in [0.3, 0.4) is 0 Å². The highest BCUT2D eigenvalue weighted by Gasteiger charge is 2.25. The Morgan fingerprint density at radius 2 is 2.04 bits per heavy atom. The number of H-pyrrole nitrogens is 1. The molecule has 2 aromatic carbocycles. The Hall–Kier alpha value is -2.57. The van der Waals surface area contributed by atoms with E-state index in [0.29, 0.717) is 6.04 Å². The van der Waals surface area contributed by atoms with Gasteiger partial charge in [-0.25, -0.2) is 0 Å². The molecule has 0 radical (unpaired) electrons. The van der Waals surface area contributed by atoms with E-state index in [1.807, 2.05) is 18.2 Å². The number of rotatable bonds is 3. The summed E-state index contributed by atoms with van der Waals surface area (Å²) in [5.41, 5.74) is 6.01. The number of hydrogen-bond acceptors (Lipinski definition) is 2. The minimum Gasteiger partial charge on any atom is -0.358 e. The number of fused-ring (bicyclic) bond motifs is 3. The number of nitrogens with one attached hydrogen (secondary N) is 1. The zero-order valence-electron chi connectivity index (χ0n) is 13.9. The highest BCUT2D eigenvalue weighted by Crippen LogP contribution is 2.31. The fraction of sp³-hybridized carbons (Fsp3) is 0.286. The molecule has 120 valence electrons. The molecule has 1 aliphatic carbocycles. The fourth-order valence-corrected chi connectivity index (χ4v) is 3.84. The van der Waals surface area contributed by atoms with Crippen molar-refractivity contribution in [3.05, 3.63) is 70.9 Å². The van der Waals surface area contributed by atoms with Gasteiger partial charge in [0.2, 0.25) is 0 Å². The molecule has 0 saturated heterocycles. The van der Waals surface area contributed by atoms with Gasteiger partial charge in [-0.15, -0.1) is 0 Å². The van der Waals surface area contributed by atoms with Gasteiger partial charge in [-0.05, 0) is 55.6 Å². The van der Waals surface area contributed by atoms with Gasteiger partial charge in [0.15, 0.2) is 0 Å². The lowest BCUT2D eigenvalue weighted by molar-refractivity contribution is 0.214. The van der Waals surface area contributed by atoms with Gasteiger partial charge in [-0.1, -0.05) is 30.3 Å². The molecule has 3 nitrogen and oxygen atoms in total. The van der Waals surface area contributed by atoms with Crippen molar-refractivity contribution in [3.8, 4) is 6.07 Å². The predicted octanol–water partition coefficient (Wildman–Crippen LogP) is 4.03. The molecule has 1 atom stereocenters. The smallest absolute Gasteiger partial charge is 0.0991 e. The van der Waals surface area contributed by atoms with Crippen molar-refractivity contribution < 1.29 is 0 Å². The average molecular weight is 315 g/mol. The Kier molecular flexibility index (Phi) is 3.84. The second-order valence-electron chi connectivity index (χ2n) is 6.75. The summed E-state index contributed by atoms with van der Waals surface area (Å²) in [7, 11) is 2.22. The van der Waals surface area contributed by atoms with E-state index in [4.69, 9.17) is 0 Å². The summed E-state index contributed by atoms with van der Waals surface area (Å²) in [6.07, 6.45) is 3.30. The Labute approximate surface area is 142 Å². The zero-order chi connectivity index (χ0) is 16.5. The van der Waals surface area contributed by atoms with Crippen LogP contribution in [-0.4, -0.2) is 23.0 Å². The summed E-state index contributed by atoms with van der Waals surface area (Å²) < 4.78 is 0. The standard InChI is InChI=1S/C21H21N3/c1-24(14-15-5-3-2-4-6-15)17-8-10-21-19(12-17)18-11-16(13-22)7-9-20(18)23-21/h2-7,9,11,17,23H,8,10,12,14H2,1H3/t17-/m1/s1. The molecule has 0 aliphatic heterocycles. The molecule has 3 heteroatoms. The Morgan fingerprint density at radius 3 is 2.83 bits per heavy atom. The van der Waals surface area contributed by atoms with Crippen LogP contribution in [0.1, 0.15) is 28.8 Å². The lowest BCUT2D eigenvalue weighted by Crippen LogP contribution is -2.35. The van der Waals surface area contributed by atoms with Gasteiger partial charge in [0, 0.05) is 29.2 Å². The Balaban J connectivity index is 1.59. The summed E-state index contributed by atoms with van der Waals surface area (Å²) in [6.45, 7) is 0.979. The SMILES string of the molecule is CN(Cc1ccccc1)[C@@H]1CCc2[nH]c3ccc(C#N)cc3c2C1. The summed E-state index contributed by atoms with van der Waals surface area (Å²) in [5.74, 6) is 0. The van der Waals surface area contributed by atoms with E-state index in [2.05, 4.69) is 53.3 Å². The van der Waals surface area contributed by atoms with Gasteiger partial charge in [-0.3, -0.25) is 4.90 Å². The number of likely N-dealkylation sites (N-methyl/N-ethyl adjacent to an activating group) is 1. The normalized spacial score (nSPS) is 17.0. The van der Waals surface area contributed by atoms with E-state index in [1.54, 1.807) is 0 Å². The lowest BCUT2D eigenvalue weighted by Gasteiger charge is -2.31. The molecule has 0 bridgehead atoms. The summed E-state index contributed by atoms with van der Waals surface area (Å²) in [4.78, 5) is 6.01. The van der Waals surface area contributed by atoms with Crippen LogP contribution in [0.5, 0.6) is 0 Å². The lowest BCUT2D eigenvalue weighted by atomic mass is 9.90. The zero-order valence-corrected chi connectivity index (χ0v) is 13.9. The van der Waals surface area contributed by atoms with Gasteiger partial charge < -0.3 is 4.98 Å². The van der Waals surface area contributed by atoms with Crippen LogP contribution in [0.4, 0.5) is 0 Å². The molecule has 0 spiro atoms. The summed E-state index contributed by atoms with van der Waals surface area (Å²) in [6, 6.07) is 19.4. The molecule has 0 unspecified atom stereocenters. The molecular weight excluding hydrogens is 294 g/mol. The Bertz CT molecular complexity index is 902. The van der Waals surface area contributed by atoms with Crippen LogP contribution in [0.2, 0.25) is 0 Å². The van der Waals surface area contributed by atoms with Gasteiger partial charge in [0.25, 0.3) is 0 Å². The van der Waals surface area contributed by atoms with Crippen molar-refractivity contribution in [1.29, 1.82) is 5.26 Å². The van der Waals surface area contributed by atoms with Gasteiger partial charge in [0.1, 0.15) is 0 Å². The van der Waals surface area contributed by atoms with E-state index in [-0.39, 0.29) is 0 Å². The molecule has 24 heavy (non-hydrogen) atoms. The van der Waals surface area contributed by atoms with Gasteiger partial charge in [-0.2, -0.15) is 5.26 Å². The molecule has 1 aliphatic rings. The van der Waals surface area contributed by atoms with Crippen LogP contribution in [0.25, 0.3) is 10.9 Å². The minimum absolute atomic E-state index is 0.544. The van der Waals surface area contributed by atoms with Crippen molar-refractivity contribution >= 4 is 10.9 Å². The van der Waals surface area contributed by atoms with E-state index in [9.17, 15) is 5.26 Å². The maximum absolute atomic E-state index is 9.17. The first-order valence-electron chi connectivity index (χ1n) is 8.52. The largest absolute Gasteiger partial charge is 0.358 e. The molecule has 0 saturated carbocycles. The maximum atomic E-state index is 9.17. The third-order valence-electron chi connectivity index (χ3n) is 5.19. The van der Waals surface area contributed by atoms with Gasteiger partial charge >= 0.3 is 0 Å². The molecule has 1 N–H and O–H groups in total. The topological polar surface area (TPSA) is 42.8 Å². The number of benzene rings is 2. The number of aromatic amines is 1. The Morgan fingerprint density at radius 1 is 1.21 bits per heavy atom. The van der Waals surface area contributed by atoms with Crippen molar-refractivity contribution in [2.75, 3.05) is 7.05 Å². The van der Waals surface area contributed by atoms with Crippen LogP contribution >= 0.6 is 0 Å². The van der Waals surface area contributed by atoms with Gasteiger partial charge in [0.05, 0.1) is 11.6 Å². The minimum atomic E-state index is 0.544. The second kappa shape index (κ2) is 6.14. The molecule has 1 heterocycles. The van der Waals surface area contributed by atoms with Crippen LogP contribution in [-0.2, 0) is 19.4 Å². The third-order valence-corrected chi connectivity index (χ3v) is 5.19. The van der Waals surface area contributed by atoms with Crippen LogP contribution < -0.4 is 0 Å². The van der Waals surface area contributed by atoms with Crippen molar-refractivity contribution in [3.63, 3.8) is 0 Å². The molecule has 3 aromatic rings. The third kappa shape index (κ3) is 2.70. The quantitative estimate of drug-likeness (QED) is 0.793. The molecule has 0 fully saturated rings. The number of hydrogen-bond donors (Lipinski definition) is 1. The van der Waals surface area contributed by atoms with E-state index in [1.165, 1.54) is 28.6 Å². The van der Waals surface area contributed by atoms with E-state index < -0.39 is 0 Å². The highest BCUT2D eigenvalue weighted by atomic mass is 15.1. The molecular formula is C21H21N3. The van der Waals surface area contributed by atoms with Crippen molar-refractivity contribution in [2.45, 2.75) is 31.8 Å². The first kappa shape index (κ1) is 15.0. The number of nitrogens with zero attached hydrogens (tertiary/aromatic N) is 2. The first-order valence-corrected chi connectivity index (χ1v) is 8.52. The average Bonchev–Trinajstić information content (AvgIpc) is 2.99. The molecule has 1 aromatic heterocycles.